The molecule has 0 amide bonds. The van der Waals surface area contributed by atoms with E-state index in [4.69, 9.17) is 0 Å². The van der Waals surface area contributed by atoms with Gasteiger partial charge in [-0.25, -0.2) is 8.78 Å². The Morgan fingerprint density at radius 1 is 1.25 bits per heavy atom. The van der Waals surface area contributed by atoms with Crippen molar-refractivity contribution < 1.29 is 8.78 Å². The lowest BCUT2D eigenvalue weighted by atomic mass is 9.96. The molecule has 0 bridgehead atoms. The largest absolute Gasteiger partial charge is 0.314 e. The molecule has 1 unspecified atom stereocenters. The van der Waals surface area contributed by atoms with E-state index < -0.39 is 11.6 Å². The van der Waals surface area contributed by atoms with E-state index in [0.29, 0.717) is 22.9 Å². The van der Waals surface area contributed by atoms with Gasteiger partial charge in [0, 0.05) is 11.6 Å². The monoisotopic (exact) mass is 347 g/mol. The third-order valence-corrected chi connectivity index (χ3v) is 4.15. The highest BCUT2D eigenvalue weighted by atomic mass is 79.9. The topological polar surface area (TPSA) is 12.0 Å². The van der Waals surface area contributed by atoms with E-state index in [1.165, 1.54) is 12.1 Å². The Hall–Kier alpha value is -0.480. The van der Waals surface area contributed by atoms with E-state index in [0.717, 1.165) is 25.8 Å². The van der Waals surface area contributed by atoms with Crippen LogP contribution in [0.2, 0.25) is 0 Å². The first-order valence-corrected chi connectivity index (χ1v) is 8.12. The van der Waals surface area contributed by atoms with Crippen LogP contribution >= 0.6 is 15.9 Å². The zero-order chi connectivity index (χ0) is 15.1. The first kappa shape index (κ1) is 17.6. The summed E-state index contributed by atoms with van der Waals surface area (Å²) in [7, 11) is 0. The Bertz CT molecular complexity index is 421. The molecule has 0 saturated heterocycles. The fourth-order valence-electron chi connectivity index (χ4n) is 2.30. The van der Waals surface area contributed by atoms with Gasteiger partial charge in [0.05, 0.1) is 4.47 Å². The van der Waals surface area contributed by atoms with Gasteiger partial charge >= 0.3 is 0 Å². The zero-order valence-electron chi connectivity index (χ0n) is 12.5. The summed E-state index contributed by atoms with van der Waals surface area (Å²) in [5.74, 6) is -0.389. The molecule has 0 saturated carbocycles. The molecular formula is C16H24BrF2N. The molecule has 1 N–H and O–H groups in total. The van der Waals surface area contributed by atoms with Crippen molar-refractivity contribution in [1.82, 2.24) is 5.32 Å². The molecule has 0 radical (unpaired) electrons. The molecule has 0 fully saturated rings. The van der Waals surface area contributed by atoms with Gasteiger partial charge in [0.2, 0.25) is 0 Å². The molecule has 114 valence electrons. The Kier molecular flexibility index (Phi) is 7.67. The first-order chi connectivity index (χ1) is 9.47. The second kappa shape index (κ2) is 8.73. The van der Waals surface area contributed by atoms with Gasteiger partial charge in [0.1, 0.15) is 11.6 Å². The smallest absolute Gasteiger partial charge is 0.143 e. The number of rotatable bonds is 8. The molecule has 1 aromatic carbocycles. The Labute approximate surface area is 129 Å². The molecule has 20 heavy (non-hydrogen) atoms. The van der Waals surface area contributed by atoms with Gasteiger partial charge in [-0.15, -0.1) is 0 Å². The van der Waals surface area contributed by atoms with Gasteiger partial charge in [-0.2, -0.15) is 0 Å². The lowest BCUT2D eigenvalue weighted by molar-refractivity contribution is 0.368. The van der Waals surface area contributed by atoms with E-state index in [2.05, 4.69) is 42.0 Å². The second-order valence-corrected chi connectivity index (χ2v) is 6.37. The third-order valence-electron chi connectivity index (χ3n) is 3.54. The molecular weight excluding hydrogens is 324 g/mol. The van der Waals surface area contributed by atoms with E-state index in [1.54, 1.807) is 0 Å². The molecule has 0 aromatic heterocycles. The van der Waals surface area contributed by atoms with Gasteiger partial charge in [0.25, 0.3) is 0 Å². The van der Waals surface area contributed by atoms with Crippen molar-refractivity contribution in [2.75, 3.05) is 6.54 Å². The van der Waals surface area contributed by atoms with Gasteiger partial charge in [-0.05, 0) is 66.2 Å². The Morgan fingerprint density at radius 3 is 2.55 bits per heavy atom. The van der Waals surface area contributed by atoms with Crippen LogP contribution in [0.4, 0.5) is 8.78 Å². The van der Waals surface area contributed by atoms with E-state index in [-0.39, 0.29) is 5.56 Å². The first-order valence-electron chi connectivity index (χ1n) is 7.33. The normalized spacial score (nSPS) is 12.9. The molecule has 1 aromatic rings. The third kappa shape index (κ3) is 5.13. The lowest BCUT2D eigenvalue weighted by Crippen LogP contribution is -2.34. The summed E-state index contributed by atoms with van der Waals surface area (Å²) in [5.41, 5.74) is 0.192. The second-order valence-electron chi connectivity index (χ2n) is 5.52. The fraction of sp³-hybridized carbons (Fsp3) is 0.625. The predicted molar refractivity (Wildman–Crippen MR) is 83.9 cm³/mol. The van der Waals surface area contributed by atoms with Gasteiger partial charge < -0.3 is 5.32 Å². The zero-order valence-corrected chi connectivity index (χ0v) is 14.1. The van der Waals surface area contributed by atoms with Crippen LogP contribution in [0.3, 0.4) is 0 Å². The number of nitrogens with one attached hydrogen (secondary N) is 1. The highest BCUT2D eigenvalue weighted by molar-refractivity contribution is 9.10. The highest BCUT2D eigenvalue weighted by Crippen LogP contribution is 2.23. The standard InChI is InChI=1S/C16H24BrF2N/c1-4-10-20-15(11(2)3)7-5-6-12-14(18)9-8-13(17)16(12)19/h8-9,11,15,20H,4-7,10H2,1-3H3. The maximum atomic E-state index is 13.8. The summed E-state index contributed by atoms with van der Waals surface area (Å²) in [4.78, 5) is 0. The Morgan fingerprint density at radius 2 is 1.95 bits per heavy atom. The molecule has 0 aliphatic carbocycles. The minimum absolute atomic E-state index is 0.192. The van der Waals surface area contributed by atoms with Crippen molar-refractivity contribution in [1.29, 1.82) is 0 Å². The number of hydrogen-bond donors (Lipinski definition) is 1. The molecule has 0 aliphatic rings. The molecule has 1 nitrogen and oxygen atoms in total. The van der Waals surface area contributed by atoms with Gasteiger partial charge in [0.15, 0.2) is 0 Å². The number of halogens is 3. The van der Waals surface area contributed by atoms with Crippen LogP contribution in [0.5, 0.6) is 0 Å². The molecule has 1 rings (SSSR count). The average molecular weight is 348 g/mol. The minimum atomic E-state index is -0.465. The molecule has 0 spiro atoms. The minimum Gasteiger partial charge on any atom is -0.314 e. The molecule has 1 atom stereocenters. The summed E-state index contributed by atoms with van der Waals surface area (Å²) in [5, 5.41) is 3.50. The molecule has 0 heterocycles. The van der Waals surface area contributed by atoms with E-state index in [9.17, 15) is 8.78 Å². The van der Waals surface area contributed by atoms with Crippen LogP contribution in [-0.2, 0) is 6.42 Å². The van der Waals surface area contributed by atoms with Crippen molar-refractivity contribution in [3.63, 3.8) is 0 Å². The van der Waals surface area contributed by atoms with Crippen molar-refractivity contribution in [3.8, 4) is 0 Å². The van der Waals surface area contributed by atoms with Crippen LogP contribution in [0.15, 0.2) is 16.6 Å². The van der Waals surface area contributed by atoms with Gasteiger partial charge in [-0.1, -0.05) is 20.8 Å². The maximum absolute atomic E-state index is 13.8. The SMILES string of the molecule is CCCNC(CCCc1c(F)ccc(Br)c1F)C(C)C. The quantitative estimate of drug-likeness (QED) is 0.647. The summed E-state index contributed by atoms with van der Waals surface area (Å²) in [6, 6.07) is 3.14. The van der Waals surface area contributed by atoms with E-state index in [1.807, 2.05) is 0 Å². The predicted octanol–water partition coefficient (Wildman–Crippen LogP) is 5.07. The summed E-state index contributed by atoms with van der Waals surface area (Å²) < 4.78 is 27.8. The van der Waals surface area contributed by atoms with Crippen molar-refractivity contribution >= 4 is 15.9 Å². The van der Waals surface area contributed by atoms with E-state index >= 15 is 0 Å². The summed E-state index contributed by atoms with van der Waals surface area (Å²) >= 11 is 3.10. The van der Waals surface area contributed by atoms with Crippen molar-refractivity contribution in [2.45, 2.75) is 52.5 Å². The fourth-order valence-corrected chi connectivity index (χ4v) is 2.67. The van der Waals surface area contributed by atoms with Gasteiger partial charge in [-0.3, -0.25) is 0 Å². The Balaban J connectivity index is 2.56. The average Bonchev–Trinajstić information content (AvgIpc) is 2.41. The van der Waals surface area contributed by atoms with Crippen LogP contribution in [0.25, 0.3) is 0 Å². The van der Waals surface area contributed by atoms with Crippen LogP contribution in [0, 0.1) is 17.6 Å². The lowest BCUT2D eigenvalue weighted by Gasteiger charge is -2.22. The molecule has 0 aliphatic heterocycles. The van der Waals surface area contributed by atoms with Crippen molar-refractivity contribution in [2.24, 2.45) is 5.92 Å². The highest BCUT2D eigenvalue weighted by Gasteiger charge is 2.15. The van der Waals surface area contributed by atoms with Crippen LogP contribution in [-0.4, -0.2) is 12.6 Å². The summed E-state index contributed by atoms with van der Waals surface area (Å²) in [6.45, 7) is 7.47. The van der Waals surface area contributed by atoms with Crippen molar-refractivity contribution in [3.05, 3.63) is 33.8 Å². The maximum Gasteiger partial charge on any atom is 0.143 e. The molecule has 4 heteroatoms. The van der Waals surface area contributed by atoms with Crippen LogP contribution < -0.4 is 5.32 Å². The number of benzene rings is 1. The van der Waals surface area contributed by atoms with Crippen LogP contribution in [0.1, 0.15) is 45.6 Å². The summed E-state index contributed by atoms with van der Waals surface area (Å²) in [6.07, 6.45) is 3.25. The number of hydrogen-bond acceptors (Lipinski definition) is 1.